The van der Waals surface area contributed by atoms with Gasteiger partial charge in [0.15, 0.2) is 11.5 Å². The fourth-order valence-electron chi connectivity index (χ4n) is 1.75. The molecule has 0 saturated carbocycles. The molecular formula is C17H14O5. The Kier molecular flexibility index (Phi) is 4.93. The smallest absolute Gasteiger partial charge is 0.338 e. The maximum Gasteiger partial charge on any atom is 0.338 e. The van der Waals surface area contributed by atoms with Gasteiger partial charge in [0, 0.05) is 6.08 Å². The number of phenols is 2. The Labute approximate surface area is 127 Å². The minimum absolute atomic E-state index is 0.0143. The van der Waals surface area contributed by atoms with Gasteiger partial charge in [-0.15, -0.1) is 0 Å². The number of ether oxygens (including phenoxy) is 1. The molecule has 2 aromatic rings. The quantitative estimate of drug-likeness (QED) is 0.392. The number of carbonyl (C=O) groups is 2. The lowest BCUT2D eigenvalue weighted by Crippen LogP contribution is -2.12. The summed E-state index contributed by atoms with van der Waals surface area (Å²) in [7, 11) is 0. The Morgan fingerprint density at radius 1 is 1.00 bits per heavy atom. The monoisotopic (exact) mass is 298 g/mol. The van der Waals surface area contributed by atoms with Crippen molar-refractivity contribution in [3.63, 3.8) is 0 Å². The lowest BCUT2D eigenvalue weighted by molar-refractivity contribution is -0.155. The highest BCUT2D eigenvalue weighted by molar-refractivity contribution is 5.95. The molecule has 22 heavy (non-hydrogen) atoms. The third-order valence-corrected chi connectivity index (χ3v) is 2.82. The van der Waals surface area contributed by atoms with Crippen LogP contribution in [0.4, 0.5) is 0 Å². The second-order valence-corrected chi connectivity index (χ2v) is 4.54. The minimum atomic E-state index is -0.798. The number of aromatic hydroxyl groups is 2. The average molecular weight is 298 g/mol. The van der Waals surface area contributed by atoms with Crippen molar-refractivity contribution in [2.45, 2.75) is 6.42 Å². The first-order valence-electron chi connectivity index (χ1n) is 6.53. The first-order valence-corrected chi connectivity index (χ1v) is 6.53. The minimum Gasteiger partial charge on any atom is -0.504 e. The Hall–Kier alpha value is -3.08. The number of esters is 2. The van der Waals surface area contributed by atoms with Crippen LogP contribution in [0.1, 0.15) is 11.1 Å². The largest absolute Gasteiger partial charge is 0.504 e. The van der Waals surface area contributed by atoms with Crippen molar-refractivity contribution in [1.29, 1.82) is 0 Å². The standard InChI is InChI=1S/C17H14O5/c18-14-8-6-13(10-15(14)19)7-9-16(20)22-17(21)11-12-4-2-1-3-5-12/h1-10,18-19H,11H2. The fourth-order valence-corrected chi connectivity index (χ4v) is 1.75. The van der Waals surface area contributed by atoms with E-state index in [1.54, 1.807) is 24.3 Å². The molecule has 0 amide bonds. The van der Waals surface area contributed by atoms with Gasteiger partial charge in [-0.3, -0.25) is 4.79 Å². The molecule has 0 fully saturated rings. The van der Waals surface area contributed by atoms with Gasteiger partial charge in [0.05, 0.1) is 6.42 Å². The lowest BCUT2D eigenvalue weighted by Gasteiger charge is -2.01. The number of rotatable bonds is 4. The summed E-state index contributed by atoms with van der Waals surface area (Å²) in [5, 5.41) is 18.5. The van der Waals surface area contributed by atoms with Gasteiger partial charge < -0.3 is 14.9 Å². The molecule has 0 atom stereocenters. The van der Waals surface area contributed by atoms with Gasteiger partial charge >= 0.3 is 11.9 Å². The van der Waals surface area contributed by atoms with Gasteiger partial charge in [0.2, 0.25) is 0 Å². The van der Waals surface area contributed by atoms with E-state index in [1.165, 1.54) is 24.3 Å². The molecule has 0 spiro atoms. The van der Waals surface area contributed by atoms with Gasteiger partial charge in [-0.05, 0) is 29.3 Å². The normalized spacial score (nSPS) is 10.5. The fraction of sp³-hybridized carbons (Fsp3) is 0.0588. The Morgan fingerprint density at radius 3 is 2.41 bits per heavy atom. The summed E-state index contributed by atoms with van der Waals surface area (Å²) in [6, 6.07) is 13.0. The van der Waals surface area contributed by atoms with Crippen LogP contribution < -0.4 is 0 Å². The van der Waals surface area contributed by atoms with E-state index >= 15 is 0 Å². The molecule has 0 aliphatic rings. The molecule has 5 heteroatoms. The molecule has 2 N–H and O–H groups in total. The summed E-state index contributed by atoms with van der Waals surface area (Å²) in [5.74, 6) is -1.99. The predicted octanol–water partition coefficient (Wildman–Crippen LogP) is 2.42. The van der Waals surface area contributed by atoms with Crippen molar-refractivity contribution in [3.8, 4) is 11.5 Å². The van der Waals surface area contributed by atoms with Crippen LogP contribution in [-0.2, 0) is 20.7 Å². The highest BCUT2D eigenvalue weighted by atomic mass is 16.6. The summed E-state index contributed by atoms with van der Waals surface area (Å²) < 4.78 is 4.65. The van der Waals surface area contributed by atoms with Crippen molar-refractivity contribution >= 4 is 18.0 Å². The first-order chi connectivity index (χ1) is 10.5. The zero-order chi connectivity index (χ0) is 15.9. The van der Waals surface area contributed by atoms with Crippen LogP contribution in [0.15, 0.2) is 54.6 Å². The first kappa shape index (κ1) is 15.3. The molecule has 112 valence electrons. The molecule has 0 aliphatic carbocycles. The Balaban J connectivity index is 1.90. The van der Waals surface area contributed by atoms with E-state index in [4.69, 9.17) is 5.11 Å². The van der Waals surface area contributed by atoms with Crippen LogP contribution in [0, 0.1) is 0 Å². The van der Waals surface area contributed by atoms with Gasteiger partial charge in [0.1, 0.15) is 0 Å². The van der Waals surface area contributed by atoms with Crippen LogP contribution in [0.5, 0.6) is 11.5 Å². The summed E-state index contributed by atoms with van der Waals surface area (Å²) in [4.78, 5) is 23.1. The van der Waals surface area contributed by atoms with Crippen LogP contribution in [-0.4, -0.2) is 22.2 Å². The molecule has 2 rings (SSSR count). The highest BCUT2D eigenvalue weighted by Crippen LogP contribution is 2.25. The molecule has 0 aromatic heterocycles. The number of hydrogen-bond acceptors (Lipinski definition) is 5. The van der Waals surface area contributed by atoms with Crippen LogP contribution in [0.3, 0.4) is 0 Å². The number of phenolic OH excluding ortho intramolecular Hbond substituents is 2. The van der Waals surface area contributed by atoms with E-state index in [0.717, 1.165) is 11.6 Å². The van der Waals surface area contributed by atoms with Gasteiger partial charge in [-0.1, -0.05) is 36.4 Å². The number of hydrogen-bond donors (Lipinski definition) is 2. The third kappa shape index (κ3) is 4.49. The van der Waals surface area contributed by atoms with Gasteiger partial charge in [-0.2, -0.15) is 0 Å². The van der Waals surface area contributed by atoms with Crippen molar-refractivity contribution in [2.24, 2.45) is 0 Å². The van der Waals surface area contributed by atoms with Crippen molar-refractivity contribution in [2.75, 3.05) is 0 Å². The zero-order valence-corrected chi connectivity index (χ0v) is 11.6. The molecule has 0 aliphatic heterocycles. The number of carbonyl (C=O) groups excluding carboxylic acids is 2. The van der Waals surface area contributed by atoms with Gasteiger partial charge in [-0.25, -0.2) is 4.79 Å². The molecule has 5 nitrogen and oxygen atoms in total. The van der Waals surface area contributed by atoms with E-state index in [9.17, 15) is 14.7 Å². The van der Waals surface area contributed by atoms with Crippen LogP contribution in [0.25, 0.3) is 6.08 Å². The topological polar surface area (TPSA) is 83.8 Å². The van der Waals surface area contributed by atoms with Crippen molar-refractivity contribution in [1.82, 2.24) is 0 Å². The average Bonchev–Trinajstić information content (AvgIpc) is 2.49. The van der Waals surface area contributed by atoms with Crippen LogP contribution in [0.2, 0.25) is 0 Å². The maximum atomic E-state index is 11.6. The van der Waals surface area contributed by atoms with Crippen molar-refractivity contribution < 1.29 is 24.5 Å². The summed E-state index contributed by atoms with van der Waals surface area (Å²) >= 11 is 0. The van der Waals surface area contributed by atoms with E-state index in [0.29, 0.717) is 5.56 Å². The molecule has 0 saturated heterocycles. The van der Waals surface area contributed by atoms with Crippen molar-refractivity contribution in [3.05, 3.63) is 65.7 Å². The molecule has 0 bridgehead atoms. The summed E-state index contributed by atoms with van der Waals surface area (Å²) in [6.45, 7) is 0. The van der Waals surface area contributed by atoms with Gasteiger partial charge in [0.25, 0.3) is 0 Å². The second-order valence-electron chi connectivity index (χ2n) is 4.54. The SMILES string of the molecule is O=C(C=Cc1ccc(O)c(O)c1)OC(=O)Cc1ccccc1. The van der Waals surface area contributed by atoms with E-state index in [1.807, 2.05) is 6.07 Å². The highest BCUT2D eigenvalue weighted by Gasteiger charge is 2.08. The third-order valence-electron chi connectivity index (χ3n) is 2.82. The molecule has 2 aromatic carbocycles. The van der Waals surface area contributed by atoms with Crippen LogP contribution >= 0.6 is 0 Å². The Bertz CT molecular complexity index is 704. The Morgan fingerprint density at radius 2 is 1.73 bits per heavy atom. The lowest BCUT2D eigenvalue weighted by atomic mass is 10.1. The summed E-state index contributed by atoms with van der Waals surface area (Å²) in [5.41, 5.74) is 1.25. The predicted molar refractivity (Wildman–Crippen MR) is 80.1 cm³/mol. The molecule has 0 heterocycles. The zero-order valence-electron chi connectivity index (χ0n) is 11.6. The molecule has 0 radical (unpaired) electrons. The van der Waals surface area contributed by atoms with E-state index in [2.05, 4.69) is 4.74 Å². The van der Waals surface area contributed by atoms with E-state index in [-0.39, 0.29) is 17.9 Å². The summed E-state index contributed by atoms with van der Waals surface area (Å²) in [6.07, 6.45) is 2.46. The molecular weight excluding hydrogens is 284 g/mol. The number of benzene rings is 2. The second kappa shape index (κ2) is 7.08. The maximum absolute atomic E-state index is 11.6. The van der Waals surface area contributed by atoms with E-state index < -0.39 is 11.9 Å². The molecule has 0 unspecified atom stereocenters.